The van der Waals surface area contributed by atoms with Crippen LogP contribution in [0.3, 0.4) is 0 Å². The van der Waals surface area contributed by atoms with Gasteiger partial charge in [0.2, 0.25) is 0 Å². The van der Waals surface area contributed by atoms with Gasteiger partial charge in [-0.05, 0) is 0 Å². The molecular formula is C46H86NS2Si6Sn+. The van der Waals surface area contributed by atoms with Crippen LogP contribution in [0.2, 0.25) is 122 Å². The first-order chi connectivity index (χ1) is 24.9. The third-order valence-electron chi connectivity index (χ3n) is 11.9. The summed E-state index contributed by atoms with van der Waals surface area (Å²) >= 11 is 6.59. The SMILES string of the molecule is CC(C)c1cc(C(C)C)[c]([Sn+]([CH2]C(C#N)=C(S)S)[c]2c(C([Si](C)(C)C)[Si](C)(C)C)cc(C([Si](C)(C)C)[Si](C)(C)C)cc2C([Si](C)(C)C)[Si](C)(C)C)c(C(C)C)c1. The van der Waals surface area contributed by atoms with E-state index in [4.69, 9.17) is 25.3 Å². The molecule has 10 heteroatoms. The standard InChI is InChI=1S/C27H59Si6.C15H23.C4H4NS2.Sn/c1-28(2,3)25(29(4,5)6)22-19-23(26(30(7,8)9)31(10,11)12)21-24(20-22)27(32(13,14)15)33(16,17)18;1-10(2)13-7-14(11(3)4)9-15(8-13)12(5)6;1-3(2-5)4(6)7;/h19-20,25-27H,1-18H3;7-8,10-12H,1-6H3;6-7H,1H2;/q;;;+1. The van der Waals surface area contributed by atoms with Crippen LogP contribution in [-0.2, 0) is 0 Å². The summed E-state index contributed by atoms with van der Waals surface area (Å²) < 4.78 is 4.90. The van der Waals surface area contributed by atoms with Crippen molar-refractivity contribution in [2.75, 3.05) is 0 Å². The number of benzene rings is 2. The van der Waals surface area contributed by atoms with Gasteiger partial charge in [-0.15, -0.1) is 0 Å². The van der Waals surface area contributed by atoms with Crippen LogP contribution in [0, 0.1) is 11.3 Å². The van der Waals surface area contributed by atoms with Gasteiger partial charge >= 0.3 is 376 Å². The second-order valence-corrected chi connectivity index (χ2v) is 66.1. The molecule has 2 rings (SSSR count). The first kappa shape index (κ1) is 52.6. The van der Waals surface area contributed by atoms with Crippen LogP contribution >= 0.6 is 25.3 Å². The van der Waals surface area contributed by atoms with Gasteiger partial charge < -0.3 is 0 Å². The number of nitriles is 1. The van der Waals surface area contributed by atoms with Gasteiger partial charge in [-0.3, -0.25) is 0 Å². The molecule has 0 amide bonds. The van der Waals surface area contributed by atoms with Crippen LogP contribution < -0.4 is 7.16 Å². The van der Waals surface area contributed by atoms with Gasteiger partial charge in [0.1, 0.15) is 0 Å². The van der Waals surface area contributed by atoms with E-state index in [1.807, 2.05) is 0 Å². The molecule has 0 saturated carbocycles. The number of hydrogen-bond donors (Lipinski definition) is 2. The average molecular weight is 1000 g/mol. The molecule has 0 atom stereocenters. The fourth-order valence-electron chi connectivity index (χ4n) is 11.4. The van der Waals surface area contributed by atoms with E-state index >= 15 is 0 Å². The van der Waals surface area contributed by atoms with Crippen LogP contribution in [0.1, 0.15) is 108 Å². The number of hydrogen-bond acceptors (Lipinski definition) is 3. The quantitative estimate of drug-likeness (QED) is 0.0977. The van der Waals surface area contributed by atoms with E-state index in [9.17, 15) is 5.26 Å². The van der Waals surface area contributed by atoms with E-state index in [0.29, 0.717) is 37.5 Å². The Balaban J connectivity index is 3.84. The molecule has 0 spiro atoms. The van der Waals surface area contributed by atoms with Crippen molar-refractivity contribution >= 4 is 101 Å². The van der Waals surface area contributed by atoms with Crippen molar-refractivity contribution in [3.05, 3.63) is 67.5 Å². The average Bonchev–Trinajstić information content (AvgIpc) is 2.93. The van der Waals surface area contributed by atoms with Gasteiger partial charge in [0.25, 0.3) is 0 Å². The van der Waals surface area contributed by atoms with Crippen LogP contribution in [0.5, 0.6) is 0 Å². The second-order valence-electron chi connectivity index (χ2n) is 24.7. The number of nitrogens with zero attached hydrogens (tertiary/aromatic N) is 1. The molecule has 2 aromatic carbocycles. The summed E-state index contributed by atoms with van der Waals surface area (Å²) in [5.41, 5.74) is 10.5. The molecule has 0 radical (unpaired) electrons. The normalized spacial score (nSPS) is 13.8. The molecule has 314 valence electrons. The Kier molecular flexibility index (Phi) is 17.7. The summed E-state index contributed by atoms with van der Waals surface area (Å²) in [7, 11) is -10.4. The molecule has 0 saturated heterocycles. The minimum absolute atomic E-state index is 0.390. The molecule has 2 aromatic rings. The fraction of sp³-hybridized carbons (Fsp3) is 0.674. The molecule has 0 aliphatic rings. The zero-order chi connectivity index (χ0) is 44.1. The molecule has 0 aliphatic heterocycles. The zero-order valence-electron chi connectivity index (χ0n) is 40.8. The number of thiol groups is 2. The molecule has 1 nitrogen and oxygen atoms in total. The predicted molar refractivity (Wildman–Crippen MR) is 284 cm³/mol. The first-order valence-corrected chi connectivity index (χ1v) is 48.8. The molecule has 0 heterocycles. The van der Waals surface area contributed by atoms with Crippen LogP contribution in [0.25, 0.3) is 0 Å². The summed E-state index contributed by atoms with van der Waals surface area (Å²) in [6, 6.07) is 13.7. The van der Waals surface area contributed by atoms with Gasteiger partial charge in [0.15, 0.2) is 0 Å². The molecule has 0 unspecified atom stereocenters. The Hall–Kier alpha value is 0.470. The number of rotatable bonds is 16. The molecular weight excluding hydrogens is 918 g/mol. The van der Waals surface area contributed by atoms with E-state index in [-0.39, 0.29) is 0 Å². The van der Waals surface area contributed by atoms with Gasteiger partial charge in [0, 0.05) is 0 Å². The van der Waals surface area contributed by atoms with E-state index in [2.05, 4.69) is 190 Å². The van der Waals surface area contributed by atoms with E-state index in [1.54, 1.807) is 35.0 Å². The van der Waals surface area contributed by atoms with Crippen molar-refractivity contribution in [3.8, 4) is 6.07 Å². The molecule has 0 aromatic heterocycles. The predicted octanol–water partition coefficient (Wildman–Crippen LogP) is 14.8. The maximum atomic E-state index is 10.9. The summed E-state index contributed by atoms with van der Waals surface area (Å²) in [4.78, 5) is 0. The Morgan fingerprint density at radius 3 is 1.00 bits per heavy atom. The van der Waals surface area contributed by atoms with Crippen molar-refractivity contribution in [1.82, 2.24) is 0 Å². The van der Waals surface area contributed by atoms with Crippen LogP contribution in [0.4, 0.5) is 0 Å². The second kappa shape index (κ2) is 18.8. The Bertz CT molecular complexity index is 1640. The topological polar surface area (TPSA) is 23.8 Å². The van der Waals surface area contributed by atoms with Crippen LogP contribution in [-0.4, -0.2) is 68.2 Å². The zero-order valence-corrected chi connectivity index (χ0v) is 51.5. The first-order valence-electron chi connectivity index (χ1n) is 21.6. The monoisotopic (exact) mass is 1000 g/mol. The summed E-state index contributed by atoms with van der Waals surface area (Å²) in [5.74, 6) is 1.24. The third-order valence-corrected chi connectivity index (χ3v) is 49.1. The molecule has 0 N–H and O–H groups in total. The van der Waals surface area contributed by atoms with E-state index < -0.39 is 68.2 Å². The van der Waals surface area contributed by atoms with Gasteiger partial charge in [-0.2, -0.15) is 0 Å². The Morgan fingerprint density at radius 2 is 0.768 bits per heavy atom. The van der Waals surface area contributed by atoms with Gasteiger partial charge in [-0.25, -0.2) is 0 Å². The summed E-state index contributed by atoms with van der Waals surface area (Å²) in [6.45, 7) is 62.4. The van der Waals surface area contributed by atoms with Gasteiger partial charge in [-0.1, -0.05) is 0 Å². The van der Waals surface area contributed by atoms with E-state index in [0.717, 1.165) is 10.0 Å². The van der Waals surface area contributed by atoms with Crippen molar-refractivity contribution in [2.24, 2.45) is 0 Å². The maximum absolute atomic E-state index is 10.9. The van der Waals surface area contributed by atoms with Crippen molar-refractivity contribution < 1.29 is 0 Å². The Labute approximate surface area is 373 Å². The van der Waals surface area contributed by atoms with Gasteiger partial charge in [0.05, 0.1) is 0 Å². The molecule has 0 fully saturated rings. The molecule has 0 bridgehead atoms. The van der Waals surface area contributed by atoms with Crippen molar-refractivity contribution in [2.45, 2.75) is 197 Å². The van der Waals surface area contributed by atoms with Crippen molar-refractivity contribution in [3.63, 3.8) is 0 Å². The fourth-order valence-corrected chi connectivity index (χ4v) is 63.0. The summed E-state index contributed by atoms with van der Waals surface area (Å²) in [5, 5.41) is 12.8. The summed E-state index contributed by atoms with van der Waals surface area (Å²) in [6.07, 6.45) is 0. The third kappa shape index (κ3) is 12.8. The number of allylic oxidation sites excluding steroid dienone is 1. The van der Waals surface area contributed by atoms with E-state index in [1.165, 1.54) is 5.56 Å². The minimum atomic E-state index is -3.13. The van der Waals surface area contributed by atoms with Crippen LogP contribution in [0.15, 0.2) is 34.1 Å². The van der Waals surface area contributed by atoms with Crippen molar-refractivity contribution in [1.29, 1.82) is 5.26 Å². The Morgan fingerprint density at radius 1 is 0.482 bits per heavy atom. The molecule has 56 heavy (non-hydrogen) atoms. The molecule has 0 aliphatic carbocycles.